The number of benzene rings is 2. The van der Waals surface area contributed by atoms with Crippen molar-refractivity contribution < 1.29 is 13.2 Å². The Kier molecular flexibility index (Phi) is 6.14. The van der Waals surface area contributed by atoms with Crippen LogP contribution in [0.25, 0.3) is 0 Å². The molecule has 0 spiro atoms. The van der Waals surface area contributed by atoms with Crippen LogP contribution in [0.2, 0.25) is 5.02 Å². The van der Waals surface area contributed by atoms with Gasteiger partial charge in [0.2, 0.25) is 10.0 Å². The van der Waals surface area contributed by atoms with Gasteiger partial charge in [-0.05, 0) is 42.0 Å². The fourth-order valence-corrected chi connectivity index (χ4v) is 3.13. The summed E-state index contributed by atoms with van der Waals surface area (Å²) in [6.45, 7) is 0.549. The smallest absolute Gasteiger partial charge is 0.238 e. The Hall–Kier alpha value is -1.21. The van der Waals surface area contributed by atoms with Crippen LogP contribution in [-0.4, -0.2) is 20.8 Å². The maximum Gasteiger partial charge on any atom is 0.238 e. The lowest BCUT2D eigenvalue weighted by Crippen LogP contribution is -2.11. The SMILES string of the molecule is NS(=O)(=O)c1ccc(OCCSCc2ccc(Cl)cc2)cc1. The molecule has 0 heterocycles. The predicted octanol–water partition coefficient (Wildman–Crippen LogP) is 3.30. The molecule has 0 fully saturated rings. The lowest BCUT2D eigenvalue weighted by atomic mass is 10.2. The van der Waals surface area contributed by atoms with E-state index in [2.05, 4.69) is 0 Å². The lowest BCUT2D eigenvalue weighted by Gasteiger charge is -2.07. The van der Waals surface area contributed by atoms with Gasteiger partial charge < -0.3 is 4.74 Å². The minimum absolute atomic E-state index is 0.0805. The van der Waals surface area contributed by atoms with Crippen molar-refractivity contribution in [1.82, 2.24) is 0 Å². The first-order valence-electron chi connectivity index (χ1n) is 6.53. The Balaban J connectivity index is 1.71. The summed E-state index contributed by atoms with van der Waals surface area (Å²) in [4.78, 5) is 0.0805. The van der Waals surface area contributed by atoms with Crippen molar-refractivity contribution in [1.29, 1.82) is 0 Å². The van der Waals surface area contributed by atoms with Crippen molar-refractivity contribution in [2.75, 3.05) is 12.4 Å². The summed E-state index contributed by atoms with van der Waals surface area (Å²) in [6.07, 6.45) is 0. The second-order valence-electron chi connectivity index (χ2n) is 4.54. The summed E-state index contributed by atoms with van der Waals surface area (Å²) >= 11 is 7.59. The Morgan fingerprint density at radius 1 is 1.05 bits per heavy atom. The van der Waals surface area contributed by atoms with E-state index in [0.717, 1.165) is 16.5 Å². The molecule has 2 rings (SSSR count). The lowest BCUT2D eigenvalue weighted by molar-refractivity contribution is 0.343. The van der Waals surface area contributed by atoms with Gasteiger partial charge in [0.1, 0.15) is 5.75 Å². The number of thioether (sulfide) groups is 1. The standard InChI is InChI=1S/C15H16ClNO3S2/c16-13-3-1-12(2-4-13)11-21-10-9-20-14-5-7-15(8-6-14)22(17,18)19/h1-8H,9-11H2,(H2,17,18,19). The van der Waals surface area contributed by atoms with E-state index in [1.807, 2.05) is 24.3 Å². The molecule has 0 aliphatic heterocycles. The van der Waals surface area contributed by atoms with Gasteiger partial charge in [-0.3, -0.25) is 0 Å². The Bertz CT molecular complexity index is 701. The molecule has 0 saturated carbocycles. The monoisotopic (exact) mass is 357 g/mol. The van der Waals surface area contributed by atoms with Gasteiger partial charge in [0.25, 0.3) is 0 Å². The number of nitrogens with two attached hydrogens (primary N) is 1. The molecule has 0 aromatic heterocycles. The normalized spacial score (nSPS) is 11.4. The van der Waals surface area contributed by atoms with Gasteiger partial charge in [-0.2, -0.15) is 11.8 Å². The molecule has 0 amide bonds. The summed E-state index contributed by atoms with van der Waals surface area (Å²) < 4.78 is 27.8. The van der Waals surface area contributed by atoms with E-state index in [-0.39, 0.29) is 4.90 Å². The van der Waals surface area contributed by atoms with E-state index < -0.39 is 10.0 Å². The van der Waals surface area contributed by atoms with Gasteiger partial charge >= 0.3 is 0 Å². The number of halogens is 1. The van der Waals surface area contributed by atoms with Gasteiger partial charge in [0, 0.05) is 16.5 Å². The van der Waals surface area contributed by atoms with E-state index in [0.29, 0.717) is 12.4 Å². The highest BCUT2D eigenvalue weighted by atomic mass is 35.5. The van der Waals surface area contributed by atoms with E-state index in [1.165, 1.54) is 17.7 Å². The summed E-state index contributed by atoms with van der Waals surface area (Å²) in [7, 11) is -3.65. The van der Waals surface area contributed by atoms with Crippen molar-refractivity contribution >= 4 is 33.4 Å². The zero-order chi connectivity index (χ0) is 16.0. The molecule has 0 saturated heterocycles. The first kappa shape index (κ1) is 17.1. The van der Waals surface area contributed by atoms with Crippen molar-refractivity contribution in [3.8, 4) is 5.75 Å². The molecule has 22 heavy (non-hydrogen) atoms. The maximum atomic E-state index is 11.1. The van der Waals surface area contributed by atoms with Crippen LogP contribution in [0.4, 0.5) is 0 Å². The zero-order valence-corrected chi connectivity index (χ0v) is 14.1. The minimum atomic E-state index is -3.65. The van der Waals surface area contributed by atoms with Crippen LogP contribution in [0.3, 0.4) is 0 Å². The van der Waals surface area contributed by atoms with Crippen LogP contribution in [0.1, 0.15) is 5.56 Å². The Labute approximate surface area is 139 Å². The third-order valence-corrected chi connectivity index (χ3v) is 5.00. The number of primary sulfonamides is 1. The molecule has 2 aromatic rings. The maximum absolute atomic E-state index is 11.1. The van der Waals surface area contributed by atoms with Gasteiger partial charge in [-0.15, -0.1) is 0 Å². The highest BCUT2D eigenvalue weighted by molar-refractivity contribution is 7.98. The predicted molar refractivity (Wildman–Crippen MR) is 90.9 cm³/mol. The van der Waals surface area contributed by atoms with Crippen LogP contribution in [0.15, 0.2) is 53.4 Å². The first-order valence-corrected chi connectivity index (χ1v) is 9.61. The Morgan fingerprint density at radius 3 is 2.27 bits per heavy atom. The van der Waals surface area contributed by atoms with Gasteiger partial charge in [-0.1, -0.05) is 23.7 Å². The average Bonchev–Trinajstić information content (AvgIpc) is 2.48. The summed E-state index contributed by atoms with van der Waals surface area (Å²) in [5.74, 6) is 2.35. The van der Waals surface area contributed by atoms with Crippen molar-refractivity contribution in [3.63, 3.8) is 0 Å². The fraction of sp³-hybridized carbons (Fsp3) is 0.200. The number of hydrogen-bond donors (Lipinski definition) is 1. The molecule has 0 bridgehead atoms. The first-order chi connectivity index (χ1) is 10.4. The van der Waals surface area contributed by atoms with Gasteiger partial charge in [0.15, 0.2) is 0 Å². The molecule has 0 radical (unpaired) electrons. The second-order valence-corrected chi connectivity index (χ2v) is 7.65. The van der Waals surface area contributed by atoms with Crippen LogP contribution < -0.4 is 9.88 Å². The molecule has 7 heteroatoms. The summed E-state index contributed by atoms with van der Waals surface area (Å²) in [5, 5.41) is 5.77. The molecule has 2 N–H and O–H groups in total. The van der Waals surface area contributed by atoms with E-state index in [4.69, 9.17) is 21.5 Å². The molecular weight excluding hydrogens is 342 g/mol. The van der Waals surface area contributed by atoms with Crippen LogP contribution in [0.5, 0.6) is 5.75 Å². The van der Waals surface area contributed by atoms with Gasteiger partial charge in [-0.25, -0.2) is 13.6 Å². The molecule has 118 valence electrons. The van der Waals surface area contributed by atoms with E-state index >= 15 is 0 Å². The number of hydrogen-bond acceptors (Lipinski definition) is 4. The number of ether oxygens (including phenoxy) is 1. The second kappa shape index (κ2) is 7.87. The molecular formula is C15H16ClNO3S2. The van der Waals surface area contributed by atoms with Crippen LogP contribution in [-0.2, 0) is 15.8 Å². The quantitative estimate of drug-likeness (QED) is 0.772. The molecule has 0 aliphatic carbocycles. The third-order valence-electron chi connectivity index (χ3n) is 2.83. The number of sulfonamides is 1. The van der Waals surface area contributed by atoms with Gasteiger partial charge in [0.05, 0.1) is 11.5 Å². The van der Waals surface area contributed by atoms with Crippen LogP contribution in [0, 0.1) is 0 Å². The molecule has 0 unspecified atom stereocenters. The van der Waals surface area contributed by atoms with Crippen molar-refractivity contribution in [3.05, 3.63) is 59.1 Å². The third kappa shape index (κ3) is 5.53. The highest BCUT2D eigenvalue weighted by Crippen LogP contribution is 2.17. The van der Waals surface area contributed by atoms with E-state index in [1.54, 1.807) is 23.9 Å². The molecule has 0 aliphatic rings. The largest absolute Gasteiger partial charge is 0.493 e. The summed E-state index contributed by atoms with van der Waals surface area (Å²) in [6, 6.07) is 13.8. The van der Waals surface area contributed by atoms with Crippen molar-refractivity contribution in [2.24, 2.45) is 5.14 Å². The van der Waals surface area contributed by atoms with Crippen molar-refractivity contribution in [2.45, 2.75) is 10.6 Å². The molecule has 2 aromatic carbocycles. The number of rotatable bonds is 7. The minimum Gasteiger partial charge on any atom is -0.493 e. The summed E-state index contributed by atoms with van der Waals surface area (Å²) in [5.41, 5.74) is 1.21. The molecule has 4 nitrogen and oxygen atoms in total. The zero-order valence-electron chi connectivity index (χ0n) is 11.7. The van der Waals surface area contributed by atoms with Crippen LogP contribution >= 0.6 is 23.4 Å². The van der Waals surface area contributed by atoms with E-state index in [9.17, 15) is 8.42 Å². The molecule has 0 atom stereocenters. The highest BCUT2D eigenvalue weighted by Gasteiger charge is 2.06. The average molecular weight is 358 g/mol. The topological polar surface area (TPSA) is 69.4 Å². The fourth-order valence-electron chi connectivity index (χ4n) is 1.71. The Morgan fingerprint density at radius 2 is 1.68 bits per heavy atom.